The van der Waals surface area contributed by atoms with Crippen LogP contribution in [-0.4, -0.2) is 47.9 Å². The van der Waals surface area contributed by atoms with Crippen molar-refractivity contribution in [1.82, 2.24) is 14.9 Å². The van der Waals surface area contributed by atoms with E-state index in [0.29, 0.717) is 12.6 Å². The molecule has 1 atom stereocenters. The number of piperidine rings is 1. The normalized spacial score (nSPS) is 19.3. The molecule has 0 aliphatic carbocycles. The molecule has 0 radical (unpaired) electrons. The van der Waals surface area contributed by atoms with E-state index in [4.69, 9.17) is 9.47 Å². The highest BCUT2D eigenvalue weighted by Crippen LogP contribution is 2.30. The van der Waals surface area contributed by atoms with Gasteiger partial charge in [0, 0.05) is 49.4 Å². The second-order valence-corrected chi connectivity index (χ2v) is 7.65. The van der Waals surface area contributed by atoms with Crippen LogP contribution >= 0.6 is 0 Å². The van der Waals surface area contributed by atoms with Crippen molar-refractivity contribution in [2.45, 2.75) is 25.0 Å². The summed E-state index contributed by atoms with van der Waals surface area (Å²) in [6.45, 7) is 3.55. The lowest BCUT2D eigenvalue weighted by Crippen LogP contribution is -2.47. The maximum Gasteiger partial charge on any atom is 0.161 e. The summed E-state index contributed by atoms with van der Waals surface area (Å²) >= 11 is 0. The van der Waals surface area contributed by atoms with Crippen molar-refractivity contribution in [2.24, 2.45) is 0 Å². The highest BCUT2D eigenvalue weighted by Gasteiger charge is 2.24. The van der Waals surface area contributed by atoms with Crippen LogP contribution in [0.15, 0.2) is 67.3 Å². The second-order valence-electron chi connectivity index (χ2n) is 7.65. The van der Waals surface area contributed by atoms with E-state index in [1.165, 1.54) is 5.69 Å². The van der Waals surface area contributed by atoms with Crippen molar-refractivity contribution in [3.63, 3.8) is 0 Å². The SMILES string of the molecule is c1ccc2c(c1)OCC(CNC1CCN(c3ccc(-n4ccnc4)cc3)CC1)O2. The van der Waals surface area contributed by atoms with Gasteiger partial charge < -0.3 is 24.3 Å². The number of hydrogen-bond donors (Lipinski definition) is 1. The zero-order valence-electron chi connectivity index (χ0n) is 16.4. The second kappa shape index (κ2) is 8.17. The minimum Gasteiger partial charge on any atom is -0.486 e. The molecule has 150 valence electrons. The molecule has 29 heavy (non-hydrogen) atoms. The number of nitrogens with one attached hydrogen (secondary N) is 1. The predicted octanol–water partition coefficient (Wildman–Crippen LogP) is 3.27. The van der Waals surface area contributed by atoms with Crippen molar-refractivity contribution < 1.29 is 9.47 Å². The molecule has 0 spiro atoms. The van der Waals surface area contributed by atoms with Gasteiger partial charge in [-0.15, -0.1) is 0 Å². The number of rotatable bonds is 5. The average molecular weight is 390 g/mol. The molecule has 6 nitrogen and oxygen atoms in total. The van der Waals surface area contributed by atoms with Gasteiger partial charge in [0.05, 0.1) is 6.33 Å². The third-order valence-corrected chi connectivity index (χ3v) is 5.71. The standard InChI is InChI=1S/C23H26N4O2/c1-2-4-23-22(3-1)28-16-21(29-23)15-25-18-9-12-26(13-10-18)19-5-7-20(8-6-19)27-14-11-24-17-27/h1-8,11,14,17-18,21,25H,9-10,12-13,15-16H2. The van der Waals surface area contributed by atoms with Gasteiger partial charge in [-0.25, -0.2) is 4.98 Å². The van der Waals surface area contributed by atoms with Crippen molar-refractivity contribution in [3.05, 3.63) is 67.3 Å². The summed E-state index contributed by atoms with van der Waals surface area (Å²) in [5.74, 6) is 1.69. The van der Waals surface area contributed by atoms with Crippen LogP contribution in [0.25, 0.3) is 5.69 Å². The highest BCUT2D eigenvalue weighted by molar-refractivity contribution is 5.51. The van der Waals surface area contributed by atoms with Crippen LogP contribution in [-0.2, 0) is 0 Å². The minimum atomic E-state index is 0.0682. The Balaban J connectivity index is 1.10. The van der Waals surface area contributed by atoms with Gasteiger partial charge in [0.2, 0.25) is 0 Å². The van der Waals surface area contributed by atoms with Gasteiger partial charge in [-0.2, -0.15) is 0 Å². The van der Waals surface area contributed by atoms with Crippen molar-refractivity contribution in [1.29, 1.82) is 0 Å². The third kappa shape index (κ3) is 4.07. The zero-order valence-corrected chi connectivity index (χ0v) is 16.4. The largest absolute Gasteiger partial charge is 0.486 e. The Kier molecular flexibility index (Phi) is 5.09. The zero-order chi connectivity index (χ0) is 19.5. The molecule has 2 aromatic carbocycles. The minimum absolute atomic E-state index is 0.0682. The van der Waals surface area contributed by atoms with Crippen LogP contribution in [0, 0.1) is 0 Å². The van der Waals surface area contributed by atoms with Crippen LogP contribution in [0.2, 0.25) is 0 Å². The molecule has 1 aromatic heterocycles. The van der Waals surface area contributed by atoms with Crippen LogP contribution in [0.3, 0.4) is 0 Å². The molecule has 3 aromatic rings. The van der Waals surface area contributed by atoms with E-state index in [2.05, 4.69) is 39.5 Å². The van der Waals surface area contributed by atoms with Crippen LogP contribution in [0.1, 0.15) is 12.8 Å². The Hall–Kier alpha value is -2.99. The summed E-state index contributed by atoms with van der Waals surface area (Å²) in [6, 6.07) is 17.1. The highest BCUT2D eigenvalue weighted by atomic mass is 16.6. The van der Waals surface area contributed by atoms with Gasteiger partial charge in [-0.05, 0) is 49.2 Å². The first-order valence-electron chi connectivity index (χ1n) is 10.3. The fourth-order valence-corrected chi connectivity index (χ4v) is 4.05. The maximum absolute atomic E-state index is 6.05. The first kappa shape index (κ1) is 18.1. The topological polar surface area (TPSA) is 51.5 Å². The summed E-state index contributed by atoms with van der Waals surface area (Å²) in [7, 11) is 0. The van der Waals surface area contributed by atoms with Gasteiger partial charge in [-0.1, -0.05) is 12.1 Å². The number of imidazole rings is 1. The van der Waals surface area contributed by atoms with E-state index >= 15 is 0 Å². The van der Waals surface area contributed by atoms with Crippen LogP contribution < -0.4 is 19.7 Å². The van der Waals surface area contributed by atoms with Gasteiger partial charge in [0.1, 0.15) is 12.7 Å². The number of fused-ring (bicyclic) bond motifs is 1. The quantitative estimate of drug-likeness (QED) is 0.725. The van der Waals surface area contributed by atoms with Crippen molar-refractivity contribution >= 4 is 5.69 Å². The van der Waals surface area contributed by atoms with E-state index in [1.807, 2.05) is 41.4 Å². The molecule has 1 fully saturated rings. The number of hydrogen-bond acceptors (Lipinski definition) is 5. The molecule has 0 bridgehead atoms. The van der Waals surface area contributed by atoms with Crippen molar-refractivity contribution in [2.75, 3.05) is 31.1 Å². The fourth-order valence-electron chi connectivity index (χ4n) is 4.05. The molecule has 1 saturated heterocycles. The lowest BCUT2D eigenvalue weighted by atomic mass is 10.0. The van der Waals surface area contributed by atoms with E-state index in [9.17, 15) is 0 Å². The number of nitrogens with zero attached hydrogens (tertiary/aromatic N) is 3. The monoisotopic (exact) mass is 390 g/mol. The lowest BCUT2D eigenvalue weighted by Gasteiger charge is -2.35. The maximum atomic E-state index is 6.05. The number of aromatic nitrogens is 2. The Morgan fingerprint density at radius 2 is 1.72 bits per heavy atom. The fraction of sp³-hybridized carbons (Fsp3) is 0.348. The molecular weight excluding hydrogens is 364 g/mol. The first-order chi connectivity index (χ1) is 14.3. The summed E-state index contributed by atoms with van der Waals surface area (Å²) in [5.41, 5.74) is 2.42. The molecule has 0 amide bonds. The molecule has 1 unspecified atom stereocenters. The molecule has 2 aliphatic rings. The number of para-hydroxylation sites is 2. The average Bonchev–Trinajstić information content (AvgIpc) is 3.33. The summed E-state index contributed by atoms with van der Waals surface area (Å²) in [5, 5.41) is 3.68. The van der Waals surface area contributed by atoms with Gasteiger partial charge in [0.15, 0.2) is 11.5 Å². The molecule has 1 N–H and O–H groups in total. The summed E-state index contributed by atoms with van der Waals surface area (Å²) < 4.78 is 13.9. The Morgan fingerprint density at radius 3 is 2.48 bits per heavy atom. The van der Waals surface area contributed by atoms with E-state index in [-0.39, 0.29) is 6.10 Å². The molecular formula is C23H26N4O2. The summed E-state index contributed by atoms with van der Waals surface area (Å²) in [4.78, 5) is 6.57. The molecule has 5 rings (SSSR count). The lowest BCUT2D eigenvalue weighted by molar-refractivity contribution is 0.0873. The Labute approximate surface area is 171 Å². The molecule has 2 aliphatic heterocycles. The predicted molar refractivity (Wildman–Crippen MR) is 113 cm³/mol. The van der Waals surface area contributed by atoms with Gasteiger partial charge in [0.25, 0.3) is 0 Å². The van der Waals surface area contributed by atoms with Crippen LogP contribution in [0.4, 0.5) is 5.69 Å². The Bertz CT molecular complexity index is 918. The molecule has 3 heterocycles. The third-order valence-electron chi connectivity index (χ3n) is 5.71. The number of ether oxygens (including phenoxy) is 2. The smallest absolute Gasteiger partial charge is 0.161 e. The molecule has 0 saturated carbocycles. The van der Waals surface area contributed by atoms with Crippen molar-refractivity contribution in [3.8, 4) is 17.2 Å². The van der Waals surface area contributed by atoms with Crippen LogP contribution in [0.5, 0.6) is 11.5 Å². The van der Waals surface area contributed by atoms with Gasteiger partial charge in [-0.3, -0.25) is 0 Å². The van der Waals surface area contributed by atoms with E-state index in [1.54, 1.807) is 6.20 Å². The van der Waals surface area contributed by atoms with Gasteiger partial charge >= 0.3 is 0 Å². The molecule has 6 heteroatoms. The summed E-state index contributed by atoms with van der Waals surface area (Å²) in [6.07, 6.45) is 7.92. The first-order valence-corrected chi connectivity index (χ1v) is 10.3. The number of anilines is 1. The van der Waals surface area contributed by atoms with E-state index in [0.717, 1.165) is 49.7 Å². The number of benzene rings is 2. The Morgan fingerprint density at radius 1 is 0.966 bits per heavy atom. The van der Waals surface area contributed by atoms with E-state index < -0.39 is 0 Å².